The highest BCUT2D eigenvalue weighted by molar-refractivity contribution is 7.74. The quantitative estimate of drug-likeness (QED) is 0.854. The molecule has 2 aromatic carbocycles. The maximum atomic E-state index is 9.58. The highest BCUT2D eigenvalue weighted by Gasteiger charge is 2.26. The smallest absolute Gasteiger partial charge is 0.0654 e. The van der Waals surface area contributed by atoms with Gasteiger partial charge in [0.15, 0.2) is 0 Å². The highest BCUT2D eigenvalue weighted by Crippen LogP contribution is 2.45. The highest BCUT2D eigenvalue weighted by atomic mass is 31.1. The molecule has 0 radical (unpaired) electrons. The molecule has 0 saturated carbocycles. The van der Waals surface area contributed by atoms with E-state index in [1.165, 1.54) is 10.6 Å². The molecular formula is C18H17OP. The average molecular weight is 280 g/mol. The van der Waals surface area contributed by atoms with E-state index in [2.05, 4.69) is 72.8 Å². The van der Waals surface area contributed by atoms with E-state index in [1.54, 1.807) is 0 Å². The Morgan fingerprint density at radius 1 is 0.850 bits per heavy atom. The van der Waals surface area contributed by atoms with Crippen LogP contribution in [-0.4, -0.2) is 17.4 Å². The lowest BCUT2D eigenvalue weighted by Gasteiger charge is -2.26. The Bertz CT molecular complexity index is 577. The third-order valence-corrected chi connectivity index (χ3v) is 6.28. The second-order valence-corrected chi connectivity index (χ2v) is 7.10. The largest absolute Gasteiger partial charge is 0.392 e. The van der Waals surface area contributed by atoms with Gasteiger partial charge in [0.2, 0.25) is 0 Å². The molecule has 0 bridgehead atoms. The topological polar surface area (TPSA) is 20.2 Å². The monoisotopic (exact) mass is 280 g/mol. The van der Waals surface area contributed by atoms with Gasteiger partial charge in [-0.2, -0.15) is 0 Å². The number of rotatable bonds is 4. The minimum Gasteiger partial charge on any atom is -0.392 e. The van der Waals surface area contributed by atoms with Gasteiger partial charge in [0, 0.05) is 5.66 Å². The molecule has 0 heterocycles. The van der Waals surface area contributed by atoms with Crippen molar-refractivity contribution in [1.29, 1.82) is 0 Å². The molecule has 1 nitrogen and oxygen atoms in total. The summed E-state index contributed by atoms with van der Waals surface area (Å²) in [5.41, 5.74) is 1.42. The van der Waals surface area contributed by atoms with E-state index < -0.39 is 7.92 Å². The van der Waals surface area contributed by atoms with E-state index >= 15 is 0 Å². The fourth-order valence-corrected chi connectivity index (χ4v) is 5.25. The van der Waals surface area contributed by atoms with Gasteiger partial charge in [-0.1, -0.05) is 78.9 Å². The normalized spacial score (nSPS) is 17.5. The number of hydrogen-bond donors (Lipinski definition) is 1. The first-order valence-corrected chi connectivity index (χ1v) is 8.18. The molecule has 0 amide bonds. The minimum absolute atomic E-state index is 0.135. The summed E-state index contributed by atoms with van der Waals surface area (Å²) in [7, 11) is -0.512. The van der Waals surface area contributed by atoms with Crippen LogP contribution in [0.1, 0.15) is 0 Å². The summed E-state index contributed by atoms with van der Waals surface area (Å²) in [6.45, 7) is 0.135. The molecule has 20 heavy (non-hydrogen) atoms. The SMILES string of the molecule is OCC1=CC=C[C@@H]1P(c1ccccc1)c1ccccc1. The molecule has 1 N–H and O–H groups in total. The molecular weight excluding hydrogens is 263 g/mol. The van der Waals surface area contributed by atoms with Gasteiger partial charge in [-0.3, -0.25) is 0 Å². The molecule has 2 aromatic rings. The zero-order chi connectivity index (χ0) is 13.8. The second kappa shape index (κ2) is 6.17. The Morgan fingerprint density at radius 3 is 1.90 bits per heavy atom. The number of aliphatic hydroxyl groups excluding tert-OH is 1. The predicted octanol–water partition coefficient (Wildman–Crippen LogP) is 2.98. The van der Waals surface area contributed by atoms with Crippen LogP contribution in [0, 0.1) is 0 Å². The summed E-state index contributed by atoms with van der Waals surface area (Å²) in [4.78, 5) is 0. The first kappa shape index (κ1) is 13.3. The van der Waals surface area contributed by atoms with Crippen LogP contribution in [0.3, 0.4) is 0 Å². The lowest BCUT2D eigenvalue weighted by atomic mass is 10.2. The number of benzene rings is 2. The van der Waals surface area contributed by atoms with Crippen LogP contribution in [-0.2, 0) is 0 Å². The first-order valence-electron chi connectivity index (χ1n) is 6.77. The zero-order valence-electron chi connectivity index (χ0n) is 11.2. The van der Waals surface area contributed by atoms with Crippen LogP contribution in [0.25, 0.3) is 0 Å². The maximum Gasteiger partial charge on any atom is 0.0654 e. The summed E-state index contributed by atoms with van der Waals surface area (Å²) >= 11 is 0. The Morgan fingerprint density at radius 2 is 1.40 bits per heavy atom. The summed E-state index contributed by atoms with van der Waals surface area (Å²) in [6, 6.07) is 21.2. The van der Waals surface area contributed by atoms with Crippen LogP contribution >= 0.6 is 7.92 Å². The second-order valence-electron chi connectivity index (χ2n) is 4.77. The van der Waals surface area contributed by atoms with Crippen LogP contribution in [0.4, 0.5) is 0 Å². The van der Waals surface area contributed by atoms with Gasteiger partial charge in [-0.05, 0) is 24.1 Å². The van der Waals surface area contributed by atoms with Crippen LogP contribution in [0.2, 0.25) is 0 Å². The van der Waals surface area contributed by atoms with Gasteiger partial charge in [0.05, 0.1) is 6.61 Å². The molecule has 3 rings (SSSR count). The van der Waals surface area contributed by atoms with Crippen molar-refractivity contribution in [2.24, 2.45) is 0 Å². The fraction of sp³-hybridized carbons (Fsp3) is 0.111. The Hall–Kier alpha value is -1.69. The van der Waals surface area contributed by atoms with Gasteiger partial charge >= 0.3 is 0 Å². The lowest BCUT2D eigenvalue weighted by Crippen LogP contribution is -2.22. The van der Waals surface area contributed by atoms with E-state index in [0.29, 0.717) is 5.66 Å². The molecule has 1 aliphatic rings. The third-order valence-electron chi connectivity index (χ3n) is 3.51. The molecule has 0 spiro atoms. The zero-order valence-corrected chi connectivity index (χ0v) is 12.1. The van der Waals surface area contributed by atoms with Crippen molar-refractivity contribution in [2.75, 3.05) is 6.61 Å². The van der Waals surface area contributed by atoms with E-state index in [0.717, 1.165) is 5.57 Å². The molecule has 0 aliphatic heterocycles. The predicted molar refractivity (Wildman–Crippen MR) is 87.2 cm³/mol. The first-order chi connectivity index (χ1) is 9.90. The van der Waals surface area contributed by atoms with Crippen LogP contribution in [0.15, 0.2) is 84.5 Å². The maximum absolute atomic E-state index is 9.58. The summed E-state index contributed by atoms with van der Waals surface area (Å²) < 4.78 is 0. The van der Waals surface area contributed by atoms with E-state index in [4.69, 9.17) is 0 Å². The Balaban J connectivity index is 2.05. The van der Waals surface area contributed by atoms with Gasteiger partial charge in [-0.25, -0.2) is 0 Å². The van der Waals surface area contributed by atoms with Gasteiger partial charge in [-0.15, -0.1) is 0 Å². The fourth-order valence-electron chi connectivity index (χ4n) is 2.55. The molecule has 0 unspecified atom stereocenters. The van der Waals surface area contributed by atoms with Gasteiger partial charge in [0.25, 0.3) is 0 Å². The molecule has 0 aromatic heterocycles. The third kappa shape index (κ3) is 2.60. The van der Waals surface area contributed by atoms with Crippen molar-refractivity contribution in [1.82, 2.24) is 0 Å². The van der Waals surface area contributed by atoms with E-state index in [-0.39, 0.29) is 6.61 Å². The Kier molecular flexibility index (Phi) is 4.11. The summed E-state index contributed by atoms with van der Waals surface area (Å²) in [6.07, 6.45) is 6.33. The van der Waals surface area contributed by atoms with Crippen molar-refractivity contribution in [3.05, 3.63) is 84.5 Å². The van der Waals surface area contributed by atoms with Crippen molar-refractivity contribution in [3.63, 3.8) is 0 Å². The van der Waals surface area contributed by atoms with Crippen molar-refractivity contribution >= 4 is 18.5 Å². The minimum atomic E-state index is -0.512. The molecule has 0 saturated heterocycles. The van der Waals surface area contributed by atoms with Gasteiger partial charge < -0.3 is 5.11 Å². The lowest BCUT2D eigenvalue weighted by molar-refractivity contribution is 0.330. The van der Waals surface area contributed by atoms with Crippen molar-refractivity contribution < 1.29 is 5.11 Å². The van der Waals surface area contributed by atoms with Crippen molar-refractivity contribution in [3.8, 4) is 0 Å². The Labute approximate surface area is 121 Å². The number of aliphatic hydroxyl groups is 1. The number of allylic oxidation sites excluding steroid dienone is 3. The van der Waals surface area contributed by atoms with Gasteiger partial charge in [0.1, 0.15) is 0 Å². The molecule has 2 heteroatoms. The summed E-state index contributed by atoms with van der Waals surface area (Å²) in [5.74, 6) is 0. The van der Waals surface area contributed by atoms with E-state index in [1.807, 2.05) is 6.08 Å². The van der Waals surface area contributed by atoms with Crippen LogP contribution < -0.4 is 10.6 Å². The van der Waals surface area contributed by atoms with Crippen molar-refractivity contribution in [2.45, 2.75) is 5.66 Å². The average Bonchev–Trinajstić information content (AvgIpc) is 2.98. The summed E-state index contributed by atoms with van der Waals surface area (Å²) in [5, 5.41) is 12.3. The molecule has 0 fully saturated rings. The van der Waals surface area contributed by atoms with E-state index in [9.17, 15) is 5.11 Å². The van der Waals surface area contributed by atoms with Crippen LogP contribution in [0.5, 0.6) is 0 Å². The molecule has 1 aliphatic carbocycles. The number of hydrogen-bond acceptors (Lipinski definition) is 1. The molecule has 1 atom stereocenters. The standard InChI is InChI=1S/C18H17OP/c19-14-15-8-7-13-18(15)20(16-9-3-1-4-10-16)17-11-5-2-6-12-17/h1-13,18-19H,14H2/t18-/m0/s1. The molecule has 100 valence electrons.